The highest BCUT2D eigenvalue weighted by atomic mass is 35.5. The quantitative estimate of drug-likeness (QED) is 0.611. The molecule has 1 atom stereocenters. The van der Waals surface area contributed by atoms with Crippen molar-refractivity contribution < 1.29 is 14.6 Å². The molecule has 16 heavy (non-hydrogen) atoms. The maximum absolute atomic E-state index is 11.4. The van der Waals surface area contributed by atoms with Crippen LogP contribution in [0.2, 0.25) is 0 Å². The number of aliphatic hydroxyl groups is 1. The SMILES string of the molecule is C=C(C(=O)OCC)C(O)C1=C(Cl)CCCC1. The summed E-state index contributed by atoms with van der Waals surface area (Å²) in [6.45, 7) is 5.55. The third-order valence-electron chi connectivity index (χ3n) is 2.64. The minimum Gasteiger partial charge on any atom is -0.463 e. The Kier molecular flexibility index (Phi) is 5.03. The molecule has 0 aromatic carbocycles. The summed E-state index contributed by atoms with van der Waals surface area (Å²) in [6.07, 6.45) is 2.51. The Labute approximate surface area is 101 Å². The lowest BCUT2D eigenvalue weighted by atomic mass is 9.92. The zero-order chi connectivity index (χ0) is 12.1. The molecule has 0 heterocycles. The van der Waals surface area contributed by atoms with E-state index in [2.05, 4.69) is 6.58 Å². The molecule has 1 aliphatic carbocycles. The maximum Gasteiger partial charge on any atom is 0.336 e. The van der Waals surface area contributed by atoms with Gasteiger partial charge in [0.25, 0.3) is 0 Å². The molecular weight excluding hydrogens is 228 g/mol. The average molecular weight is 245 g/mol. The summed E-state index contributed by atoms with van der Waals surface area (Å²) in [5, 5.41) is 10.6. The van der Waals surface area contributed by atoms with E-state index in [4.69, 9.17) is 16.3 Å². The van der Waals surface area contributed by atoms with E-state index in [1.54, 1.807) is 6.92 Å². The zero-order valence-corrected chi connectivity index (χ0v) is 10.2. The average Bonchev–Trinajstić information content (AvgIpc) is 2.28. The van der Waals surface area contributed by atoms with Gasteiger partial charge in [0.2, 0.25) is 0 Å². The number of carbonyl (C=O) groups is 1. The van der Waals surface area contributed by atoms with Gasteiger partial charge in [-0.3, -0.25) is 0 Å². The number of halogens is 1. The molecule has 0 amide bonds. The van der Waals surface area contributed by atoms with E-state index < -0.39 is 12.1 Å². The topological polar surface area (TPSA) is 46.5 Å². The predicted molar refractivity (Wildman–Crippen MR) is 63.1 cm³/mol. The van der Waals surface area contributed by atoms with Crippen molar-refractivity contribution in [3.63, 3.8) is 0 Å². The van der Waals surface area contributed by atoms with Gasteiger partial charge in [0.1, 0.15) is 6.10 Å². The highest BCUT2D eigenvalue weighted by Crippen LogP contribution is 2.31. The number of rotatable bonds is 4. The van der Waals surface area contributed by atoms with E-state index in [9.17, 15) is 9.90 Å². The fraction of sp³-hybridized carbons (Fsp3) is 0.583. The first-order chi connectivity index (χ1) is 7.57. The molecule has 0 bridgehead atoms. The molecule has 0 aromatic rings. The molecule has 0 aliphatic heterocycles. The molecule has 0 aromatic heterocycles. The van der Waals surface area contributed by atoms with E-state index in [1.807, 2.05) is 0 Å². The van der Waals surface area contributed by atoms with E-state index in [1.165, 1.54) is 0 Å². The van der Waals surface area contributed by atoms with Gasteiger partial charge in [-0.25, -0.2) is 4.79 Å². The lowest BCUT2D eigenvalue weighted by Gasteiger charge is -2.21. The minimum atomic E-state index is -0.994. The Morgan fingerprint density at radius 3 is 2.75 bits per heavy atom. The molecule has 0 radical (unpaired) electrons. The van der Waals surface area contributed by atoms with Crippen LogP contribution in [0.15, 0.2) is 22.8 Å². The molecule has 3 nitrogen and oxygen atoms in total. The van der Waals surface area contributed by atoms with Gasteiger partial charge in [-0.1, -0.05) is 18.2 Å². The van der Waals surface area contributed by atoms with Gasteiger partial charge < -0.3 is 9.84 Å². The van der Waals surface area contributed by atoms with Crippen molar-refractivity contribution in [2.75, 3.05) is 6.61 Å². The summed E-state index contributed by atoms with van der Waals surface area (Å²) in [6, 6.07) is 0. The van der Waals surface area contributed by atoms with Crippen molar-refractivity contribution in [1.82, 2.24) is 0 Å². The number of aliphatic hydroxyl groups excluding tert-OH is 1. The number of allylic oxidation sites excluding steroid dienone is 1. The number of ether oxygens (including phenoxy) is 1. The van der Waals surface area contributed by atoms with Crippen molar-refractivity contribution in [3.8, 4) is 0 Å². The molecule has 0 saturated carbocycles. The molecule has 0 saturated heterocycles. The molecular formula is C12H17ClO3. The van der Waals surface area contributed by atoms with Crippen molar-refractivity contribution in [3.05, 3.63) is 22.8 Å². The molecule has 1 aliphatic rings. The fourth-order valence-corrected chi connectivity index (χ4v) is 2.05. The first-order valence-electron chi connectivity index (χ1n) is 5.49. The van der Waals surface area contributed by atoms with Crippen molar-refractivity contribution in [2.45, 2.75) is 38.7 Å². The van der Waals surface area contributed by atoms with Crippen molar-refractivity contribution >= 4 is 17.6 Å². The lowest BCUT2D eigenvalue weighted by molar-refractivity contribution is -0.139. The van der Waals surface area contributed by atoms with Gasteiger partial charge in [-0.15, -0.1) is 0 Å². The van der Waals surface area contributed by atoms with Crippen LogP contribution in [-0.2, 0) is 9.53 Å². The van der Waals surface area contributed by atoms with Crippen LogP contribution in [0.25, 0.3) is 0 Å². The smallest absolute Gasteiger partial charge is 0.336 e. The van der Waals surface area contributed by atoms with Crippen LogP contribution in [0.1, 0.15) is 32.6 Å². The van der Waals surface area contributed by atoms with Gasteiger partial charge in [0, 0.05) is 5.03 Å². The normalized spacial score (nSPS) is 18.2. The molecule has 1 N–H and O–H groups in total. The standard InChI is InChI=1S/C12H17ClO3/c1-3-16-12(15)8(2)11(14)9-6-4-5-7-10(9)13/h11,14H,2-7H2,1H3. The third-order valence-corrected chi connectivity index (χ3v) is 3.07. The zero-order valence-electron chi connectivity index (χ0n) is 9.46. The maximum atomic E-state index is 11.4. The molecule has 1 unspecified atom stereocenters. The van der Waals surface area contributed by atoms with Crippen LogP contribution in [0.3, 0.4) is 0 Å². The van der Waals surface area contributed by atoms with Gasteiger partial charge in [-0.05, 0) is 38.2 Å². The van der Waals surface area contributed by atoms with Gasteiger partial charge in [0.15, 0.2) is 0 Å². The summed E-state index contributed by atoms with van der Waals surface area (Å²) in [4.78, 5) is 11.4. The minimum absolute atomic E-state index is 0.0666. The first kappa shape index (κ1) is 13.3. The second-order valence-electron chi connectivity index (χ2n) is 3.79. The Bertz CT molecular complexity index is 320. The largest absolute Gasteiger partial charge is 0.463 e. The molecule has 0 spiro atoms. The van der Waals surface area contributed by atoms with E-state index in [-0.39, 0.29) is 12.2 Å². The Morgan fingerprint density at radius 2 is 2.19 bits per heavy atom. The second-order valence-corrected chi connectivity index (χ2v) is 4.24. The summed E-state index contributed by atoms with van der Waals surface area (Å²) >= 11 is 6.03. The molecule has 90 valence electrons. The monoisotopic (exact) mass is 244 g/mol. The predicted octanol–water partition coefficient (Wildman–Crippen LogP) is 2.53. The summed E-state index contributed by atoms with van der Waals surface area (Å²) < 4.78 is 4.79. The van der Waals surface area contributed by atoms with Crippen molar-refractivity contribution in [1.29, 1.82) is 0 Å². The molecule has 0 fully saturated rings. The van der Waals surface area contributed by atoms with Crippen LogP contribution in [0.5, 0.6) is 0 Å². The fourth-order valence-electron chi connectivity index (χ4n) is 1.72. The van der Waals surface area contributed by atoms with Crippen LogP contribution >= 0.6 is 11.6 Å². The van der Waals surface area contributed by atoms with Gasteiger partial charge in [-0.2, -0.15) is 0 Å². The highest BCUT2D eigenvalue weighted by molar-refractivity contribution is 6.30. The van der Waals surface area contributed by atoms with E-state index >= 15 is 0 Å². The van der Waals surface area contributed by atoms with Gasteiger partial charge in [0.05, 0.1) is 12.2 Å². The van der Waals surface area contributed by atoms with Crippen LogP contribution in [0, 0.1) is 0 Å². The first-order valence-corrected chi connectivity index (χ1v) is 5.87. The second kappa shape index (κ2) is 6.06. The number of esters is 1. The van der Waals surface area contributed by atoms with E-state index in [0.717, 1.165) is 25.7 Å². The van der Waals surface area contributed by atoms with Crippen LogP contribution < -0.4 is 0 Å². The summed E-state index contributed by atoms with van der Waals surface area (Å²) in [5.41, 5.74) is 0.780. The Hall–Kier alpha value is -0.800. The third kappa shape index (κ3) is 3.09. The summed E-state index contributed by atoms with van der Waals surface area (Å²) in [7, 11) is 0. The summed E-state index contributed by atoms with van der Waals surface area (Å²) in [5.74, 6) is -0.558. The molecule has 4 heteroatoms. The highest BCUT2D eigenvalue weighted by Gasteiger charge is 2.25. The Balaban J connectivity index is 2.73. The van der Waals surface area contributed by atoms with E-state index in [0.29, 0.717) is 10.6 Å². The number of carbonyl (C=O) groups excluding carboxylic acids is 1. The Morgan fingerprint density at radius 1 is 1.56 bits per heavy atom. The van der Waals surface area contributed by atoms with Crippen LogP contribution in [0.4, 0.5) is 0 Å². The van der Waals surface area contributed by atoms with Crippen molar-refractivity contribution in [2.24, 2.45) is 0 Å². The molecule has 1 rings (SSSR count). The van der Waals surface area contributed by atoms with Gasteiger partial charge >= 0.3 is 5.97 Å². The lowest BCUT2D eigenvalue weighted by Crippen LogP contribution is -2.23. The number of hydrogen-bond donors (Lipinski definition) is 1. The number of hydrogen-bond acceptors (Lipinski definition) is 3. The van der Waals surface area contributed by atoms with Crippen LogP contribution in [-0.4, -0.2) is 23.8 Å².